The number of carbonyl (C=O) groups excluding carboxylic acids is 3. The first-order chi connectivity index (χ1) is 18.4. The number of carbonyl (C=O) groups is 3. The molecule has 0 atom stereocenters. The predicted molar refractivity (Wildman–Crippen MR) is 159 cm³/mol. The van der Waals surface area contributed by atoms with E-state index in [0.29, 0.717) is 6.61 Å². The molecule has 0 aliphatic carbocycles. The quantitative estimate of drug-likeness (QED) is 0.0460. The highest BCUT2D eigenvalue weighted by Gasteiger charge is 2.37. The molecule has 0 saturated carbocycles. The maximum Gasteiger partial charge on any atom is 0.331 e. The summed E-state index contributed by atoms with van der Waals surface area (Å²) in [6, 6.07) is 3.13. The molecule has 0 unspecified atom stereocenters. The van der Waals surface area contributed by atoms with Gasteiger partial charge in [0.2, 0.25) is 0 Å². The van der Waals surface area contributed by atoms with Gasteiger partial charge in [-0.2, -0.15) is 0 Å². The van der Waals surface area contributed by atoms with Gasteiger partial charge in [0.25, 0.3) is 14.3 Å². The molecule has 0 amide bonds. The fourth-order valence-corrected chi connectivity index (χ4v) is 8.94. The minimum atomic E-state index is -2.20. The van der Waals surface area contributed by atoms with Crippen molar-refractivity contribution in [3.63, 3.8) is 0 Å². The molecule has 0 spiro atoms. The molecular weight excluding hydrogens is 496 g/mol. The molecule has 0 N–H and O–H groups in total. The second-order valence-electron chi connectivity index (χ2n) is 10.6. The number of unbranched alkanes of at least 4 members (excludes halogenated alkanes) is 12. The van der Waals surface area contributed by atoms with Gasteiger partial charge in [0.1, 0.15) is 6.61 Å². The van der Waals surface area contributed by atoms with E-state index in [4.69, 9.17) is 13.9 Å². The van der Waals surface area contributed by atoms with E-state index in [2.05, 4.69) is 27.7 Å². The Kier molecular flexibility index (Phi) is 24.5. The van der Waals surface area contributed by atoms with E-state index in [-0.39, 0.29) is 19.0 Å². The summed E-state index contributed by atoms with van der Waals surface area (Å²) in [7, 11) is -2.20. The first kappa shape index (κ1) is 36.4. The summed E-state index contributed by atoms with van der Waals surface area (Å²) in [6.07, 6.45) is 20.5. The molecule has 7 heteroatoms. The molecule has 0 aliphatic rings. The van der Waals surface area contributed by atoms with Crippen LogP contribution in [0.4, 0.5) is 0 Å². The van der Waals surface area contributed by atoms with Gasteiger partial charge in [0.05, 0.1) is 13.0 Å². The topological polar surface area (TPSA) is 78.9 Å². The lowest BCUT2D eigenvalue weighted by Crippen LogP contribution is -2.40. The molecule has 0 radical (unpaired) electrons. The normalized spacial score (nSPS) is 11.6. The van der Waals surface area contributed by atoms with Crippen molar-refractivity contribution in [3.8, 4) is 0 Å². The molecular formula is C31H58O6Si. The van der Waals surface area contributed by atoms with Gasteiger partial charge in [-0.3, -0.25) is 4.79 Å². The van der Waals surface area contributed by atoms with Crippen molar-refractivity contribution >= 4 is 26.2 Å². The second-order valence-corrected chi connectivity index (χ2v) is 14.6. The first-order valence-corrected chi connectivity index (χ1v) is 18.2. The van der Waals surface area contributed by atoms with Crippen LogP contribution >= 0.6 is 0 Å². The fraction of sp³-hybridized carbons (Fsp3) is 0.839. The molecule has 0 bridgehead atoms. The Hall–Kier alpha value is -1.63. The van der Waals surface area contributed by atoms with Crippen LogP contribution in [-0.2, 0) is 28.3 Å². The van der Waals surface area contributed by atoms with E-state index in [9.17, 15) is 14.4 Å². The largest absolute Gasteiger partial charge is 0.519 e. The van der Waals surface area contributed by atoms with E-state index in [1.54, 1.807) is 0 Å². The van der Waals surface area contributed by atoms with Gasteiger partial charge in [-0.1, -0.05) is 124 Å². The molecule has 0 heterocycles. The summed E-state index contributed by atoms with van der Waals surface area (Å²) < 4.78 is 16.6. The Balaban J connectivity index is 4.81. The summed E-state index contributed by atoms with van der Waals surface area (Å²) in [5.41, 5.74) is 0. The lowest BCUT2D eigenvalue weighted by molar-refractivity contribution is -0.143. The van der Waals surface area contributed by atoms with Crippen molar-refractivity contribution in [2.45, 2.75) is 155 Å². The SMILES string of the molecule is CCCCCCOC(=O)C=CC(=O)OCCC(=O)O[Si](CCCCCC)(CCCCCC)CCCCCC. The van der Waals surface area contributed by atoms with Crippen molar-refractivity contribution in [1.82, 2.24) is 0 Å². The fourth-order valence-electron chi connectivity index (χ4n) is 4.61. The Labute approximate surface area is 234 Å². The highest BCUT2D eigenvalue weighted by Crippen LogP contribution is 2.31. The second kappa shape index (κ2) is 25.6. The van der Waals surface area contributed by atoms with Gasteiger partial charge in [-0.25, -0.2) is 9.59 Å². The number of hydrogen-bond acceptors (Lipinski definition) is 6. The number of ether oxygens (including phenoxy) is 2. The molecule has 0 fully saturated rings. The molecule has 0 aromatic carbocycles. The third-order valence-electron chi connectivity index (χ3n) is 6.94. The van der Waals surface area contributed by atoms with E-state index in [1.807, 2.05) is 0 Å². The third kappa shape index (κ3) is 21.3. The van der Waals surface area contributed by atoms with Gasteiger partial charge in [-0.15, -0.1) is 0 Å². The minimum Gasteiger partial charge on any atom is -0.519 e. The Bertz CT molecular complexity index is 603. The molecule has 0 aliphatic heterocycles. The summed E-state index contributed by atoms with van der Waals surface area (Å²) in [6.45, 7) is 9.08. The van der Waals surface area contributed by atoms with E-state index in [1.165, 1.54) is 57.8 Å². The summed E-state index contributed by atoms with van der Waals surface area (Å²) in [5, 5.41) is 0. The average molecular weight is 555 g/mol. The third-order valence-corrected chi connectivity index (χ3v) is 11.4. The standard InChI is InChI=1S/C31H58O6Si/c1-5-9-13-17-24-35-29(32)21-22-30(33)36-25-23-31(34)37-38(26-18-14-10-6-2,27-19-15-11-7-3)28-20-16-12-8-4/h21-22H,5-20,23-28H2,1-4H3. The number of rotatable bonds is 26. The van der Waals surface area contributed by atoms with Crippen LogP contribution in [0.15, 0.2) is 12.2 Å². The van der Waals surface area contributed by atoms with E-state index in [0.717, 1.165) is 75.2 Å². The lowest BCUT2D eigenvalue weighted by Gasteiger charge is -2.32. The smallest absolute Gasteiger partial charge is 0.331 e. The van der Waals surface area contributed by atoms with Crippen molar-refractivity contribution < 1.29 is 28.3 Å². The van der Waals surface area contributed by atoms with Crippen molar-refractivity contribution in [1.29, 1.82) is 0 Å². The molecule has 6 nitrogen and oxygen atoms in total. The van der Waals surface area contributed by atoms with Gasteiger partial charge >= 0.3 is 11.9 Å². The van der Waals surface area contributed by atoms with Gasteiger partial charge in [0, 0.05) is 12.2 Å². The molecule has 0 aromatic rings. The first-order valence-electron chi connectivity index (χ1n) is 15.7. The minimum absolute atomic E-state index is 0.0416. The number of hydrogen-bond donors (Lipinski definition) is 0. The van der Waals surface area contributed by atoms with Gasteiger partial charge in [0.15, 0.2) is 0 Å². The van der Waals surface area contributed by atoms with Crippen LogP contribution in [-0.4, -0.2) is 39.4 Å². The molecule has 0 aromatic heterocycles. The van der Waals surface area contributed by atoms with Crippen LogP contribution in [0.1, 0.15) is 137 Å². The molecule has 38 heavy (non-hydrogen) atoms. The predicted octanol–water partition coefficient (Wildman–Crippen LogP) is 8.83. The average Bonchev–Trinajstić information content (AvgIpc) is 2.90. The number of esters is 2. The summed E-state index contributed by atoms with van der Waals surface area (Å²) >= 11 is 0. The van der Waals surface area contributed by atoms with Crippen LogP contribution < -0.4 is 0 Å². The zero-order valence-corrected chi connectivity index (χ0v) is 26.2. The van der Waals surface area contributed by atoms with E-state index < -0.39 is 20.3 Å². The maximum absolute atomic E-state index is 12.9. The Morgan fingerprint density at radius 3 is 1.34 bits per heavy atom. The monoisotopic (exact) mass is 554 g/mol. The van der Waals surface area contributed by atoms with Crippen molar-refractivity contribution in [2.24, 2.45) is 0 Å². The molecule has 222 valence electrons. The molecule has 0 saturated heterocycles. The van der Waals surface area contributed by atoms with Crippen LogP contribution in [0.2, 0.25) is 18.1 Å². The van der Waals surface area contributed by atoms with Gasteiger partial charge < -0.3 is 13.9 Å². The zero-order chi connectivity index (χ0) is 28.3. The summed E-state index contributed by atoms with van der Waals surface area (Å²) in [4.78, 5) is 36.6. The van der Waals surface area contributed by atoms with Gasteiger partial charge in [-0.05, 0) is 24.6 Å². The highest BCUT2D eigenvalue weighted by molar-refractivity contribution is 6.75. The Morgan fingerprint density at radius 1 is 0.526 bits per heavy atom. The van der Waals surface area contributed by atoms with E-state index >= 15 is 0 Å². The maximum atomic E-state index is 12.9. The van der Waals surface area contributed by atoms with Crippen molar-refractivity contribution in [2.75, 3.05) is 13.2 Å². The van der Waals surface area contributed by atoms with Crippen LogP contribution in [0.3, 0.4) is 0 Å². The highest BCUT2D eigenvalue weighted by atomic mass is 28.4. The van der Waals surface area contributed by atoms with Crippen molar-refractivity contribution in [3.05, 3.63) is 12.2 Å². The van der Waals surface area contributed by atoms with Crippen LogP contribution in [0.5, 0.6) is 0 Å². The molecule has 0 rings (SSSR count). The van der Waals surface area contributed by atoms with Crippen LogP contribution in [0, 0.1) is 0 Å². The Morgan fingerprint density at radius 2 is 0.921 bits per heavy atom. The summed E-state index contributed by atoms with van der Waals surface area (Å²) in [5.74, 6) is -1.45. The lowest BCUT2D eigenvalue weighted by atomic mass is 10.2. The van der Waals surface area contributed by atoms with Crippen LogP contribution in [0.25, 0.3) is 0 Å². The zero-order valence-electron chi connectivity index (χ0n) is 25.2.